The molecule has 1 radical (unpaired) electrons. The number of fused-ring (bicyclic) bond motifs is 1. The van der Waals surface area contributed by atoms with Gasteiger partial charge in [-0.3, -0.25) is 9.69 Å². The van der Waals surface area contributed by atoms with Crippen LogP contribution in [0, 0.1) is 17.2 Å². The lowest BCUT2D eigenvalue weighted by Crippen LogP contribution is -2.60. The number of hydrogen-bond donors (Lipinski definition) is 1. The van der Waals surface area contributed by atoms with Crippen LogP contribution in [0.2, 0.25) is 0 Å². The van der Waals surface area contributed by atoms with Crippen LogP contribution in [0.25, 0.3) is 10.8 Å². The predicted octanol–water partition coefficient (Wildman–Crippen LogP) is 10.7. The molecule has 1 spiro atoms. The molecule has 4 heterocycles. The van der Waals surface area contributed by atoms with E-state index in [1.54, 1.807) is 34.5 Å². The Balaban J connectivity index is 1.03. The van der Waals surface area contributed by atoms with E-state index in [1.165, 1.54) is 68.2 Å². The van der Waals surface area contributed by atoms with Crippen molar-refractivity contribution in [1.29, 1.82) is 0 Å². The number of hydrogen-bond acceptors (Lipinski definition) is 6. The first-order valence-corrected chi connectivity index (χ1v) is 26.7. The Kier molecular flexibility index (Phi) is 15.8. The molecule has 7 nitrogen and oxygen atoms in total. The number of rotatable bonds is 20. The highest BCUT2D eigenvalue weighted by atomic mass is 28.3. The number of benzene rings is 3. The second-order valence-corrected chi connectivity index (χ2v) is 21.9. The first-order chi connectivity index (χ1) is 31.2. The highest BCUT2D eigenvalue weighted by Crippen LogP contribution is 2.59. The summed E-state index contributed by atoms with van der Waals surface area (Å²) in [5, 5.41) is 7.53. The molecule has 8 rings (SSSR count). The van der Waals surface area contributed by atoms with Crippen LogP contribution in [0.4, 0.5) is 10.2 Å². The summed E-state index contributed by atoms with van der Waals surface area (Å²) < 4.78 is 35.7. The van der Waals surface area contributed by atoms with E-state index in [-0.39, 0.29) is 40.6 Å². The molecule has 1 amide bonds. The maximum absolute atomic E-state index is 16.0. The van der Waals surface area contributed by atoms with Gasteiger partial charge in [-0.2, -0.15) is 0 Å². The van der Waals surface area contributed by atoms with Gasteiger partial charge in [0.05, 0.1) is 24.9 Å². The van der Waals surface area contributed by atoms with Crippen molar-refractivity contribution >= 4 is 41.9 Å². The number of ether oxygens (including phenoxy) is 2. The van der Waals surface area contributed by atoms with E-state index >= 15 is 4.39 Å². The summed E-state index contributed by atoms with van der Waals surface area (Å²) in [6.45, 7) is 16.0. The maximum atomic E-state index is 16.0. The molecule has 64 heavy (non-hydrogen) atoms. The van der Waals surface area contributed by atoms with E-state index in [9.17, 15) is 4.79 Å². The molecule has 1 N–H and O–H groups in total. The zero-order valence-electron chi connectivity index (χ0n) is 39.7. The number of carbonyl (C=O) groups excluding carboxylic acids is 1. The molecule has 3 unspecified atom stereocenters. The first-order valence-electron chi connectivity index (χ1n) is 25.3. The van der Waals surface area contributed by atoms with Crippen LogP contribution < -0.4 is 15.7 Å². The molecule has 3 atom stereocenters. The Bertz CT molecular complexity index is 2190. The van der Waals surface area contributed by atoms with Crippen molar-refractivity contribution in [2.75, 3.05) is 44.8 Å². The number of pyridine rings is 1. The summed E-state index contributed by atoms with van der Waals surface area (Å²) in [5.41, 5.74) is 6.98. The van der Waals surface area contributed by atoms with E-state index in [1.807, 2.05) is 12.1 Å². The van der Waals surface area contributed by atoms with Crippen molar-refractivity contribution in [3.63, 3.8) is 0 Å². The Labute approximate surface area is 385 Å². The van der Waals surface area contributed by atoms with Gasteiger partial charge in [-0.05, 0) is 177 Å². The quantitative estimate of drug-likeness (QED) is 0.0892. The SMILES string of the molecule is CCCCc1cc([Si](OC2COCC2(C)N2CCC(c3cc4cc(NC(=O)C5CC56CCOCC6)ncc4cc3F)CC2)c2ccccc2)c(CCCC)c(CCCC)c1CCCC. The highest BCUT2D eigenvalue weighted by Gasteiger charge is 2.58. The molecule has 3 aromatic carbocycles. The lowest BCUT2D eigenvalue weighted by molar-refractivity contribution is -0.118. The summed E-state index contributed by atoms with van der Waals surface area (Å²) in [6.07, 6.45) is 20.3. The number of nitrogens with one attached hydrogen (secondary N) is 1. The predicted molar refractivity (Wildman–Crippen MR) is 261 cm³/mol. The topological polar surface area (TPSA) is 72.9 Å². The van der Waals surface area contributed by atoms with Gasteiger partial charge < -0.3 is 19.2 Å². The van der Waals surface area contributed by atoms with Crippen LogP contribution in [0.5, 0.6) is 0 Å². The molecule has 3 saturated heterocycles. The number of amides is 1. The van der Waals surface area contributed by atoms with Crippen LogP contribution in [0.3, 0.4) is 0 Å². The van der Waals surface area contributed by atoms with Gasteiger partial charge in [0, 0.05) is 30.7 Å². The minimum absolute atomic E-state index is 0.0166. The number of likely N-dealkylation sites (tertiary alicyclic amines) is 1. The van der Waals surface area contributed by atoms with Gasteiger partial charge in [0.1, 0.15) is 11.6 Å². The summed E-state index contributed by atoms with van der Waals surface area (Å²) in [5.74, 6) is 0.513. The molecule has 1 aliphatic carbocycles. The molecular formula is C55H75FN3O4Si. The fourth-order valence-electron chi connectivity index (χ4n) is 11.3. The monoisotopic (exact) mass is 889 g/mol. The van der Waals surface area contributed by atoms with E-state index in [4.69, 9.17) is 13.9 Å². The third-order valence-electron chi connectivity index (χ3n) is 15.5. The zero-order chi connectivity index (χ0) is 44.7. The first kappa shape index (κ1) is 47.0. The normalized spacial score (nSPS) is 22.5. The van der Waals surface area contributed by atoms with Gasteiger partial charge in [-0.25, -0.2) is 9.37 Å². The lowest BCUT2D eigenvalue weighted by Gasteiger charge is -2.45. The standard InChI is InChI=1S/C55H75FN3O4Si/c1-6-10-17-40-33-50(46(22-13-9-4)45(21-12-8-3)44(40)20-11-7-2)64(43-18-15-14-16-19-43)63-51-37-62-38-54(51,5)59-27-23-39(24-28-59)47-31-41-34-52(57-36-42(41)32-49(47)56)58-53(60)48-35-55(48)25-29-61-30-26-55/h14-16,18-19,31-34,36,39,48,51H,6-13,17,20-30,35,37-38H2,1-5H3,(H,57,58,60). The third kappa shape index (κ3) is 10.2. The molecule has 0 bridgehead atoms. The van der Waals surface area contributed by atoms with E-state index in [2.05, 4.69) is 86.2 Å². The van der Waals surface area contributed by atoms with E-state index < -0.39 is 9.04 Å². The fourth-order valence-corrected chi connectivity index (χ4v) is 13.8. The summed E-state index contributed by atoms with van der Waals surface area (Å²) in [6, 6.07) is 19.3. The summed E-state index contributed by atoms with van der Waals surface area (Å²) in [7, 11) is -1.67. The number of nitrogens with zero attached hydrogens (tertiary/aromatic N) is 2. The maximum Gasteiger partial charge on any atom is 0.283 e. The lowest BCUT2D eigenvalue weighted by atomic mass is 9.85. The minimum atomic E-state index is -1.67. The number of unbranched alkanes of at least 4 members (excludes halogenated alkanes) is 4. The molecule has 1 saturated carbocycles. The van der Waals surface area contributed by atoms with Crippen LogP contribution in [-0.4, -0.2) is 76.0 Å². The van der Waals surface area contributed by atoms with Crippen molar-refractivity contribution in [1.82, 2.24) is 9.88 Å². The van der Waals surface area contributed by atoms with E-state index in [0.717, 1.165) is 94.0 Å². The second kappa shape index (κ2) is 21.4. The van der Waals surface area contributed by atoms with Gasteiger partial charge in [0.25, 0.3) is 9.04 Å². The molecule has 3 aliphatic heterocycles. The Morgan fingerprint density at radius 2 is 1.52 bits per heavy atom. The van der Waals surface area contributed by atoms with Crippen LogP contribution in [-0.2, 0) is 44.4 Å². The number of aryl methyl sites for hydroxylation is 1. The van der Waals surface area contributed by atoms with E-state index in [0.29, 0.717) is 19.0 Å². The third-order valence-corrected chi connectivity index (χ3v) is 17.9. The minimum Gasteiger partial charge on any atom is -0.400 e. The number of halogens is 1. The average Bonchev–Trinajstić information content (AvgIpc) is 3.88. The molecule has 4 aliphatic rings. The Hall–Kier alpha value is -3.47. The Morgan fingerprint density at radius 3 is 2.22 bits per heavy atom. The zero-order valence-corrected chi connectivity index (χ0v) is 40.7. The van der Waals surface area contributed by atoms with Crippen molar-refractivity contribution < 1.29 is 23.1 Å². The average molecular weight is 889 g/mol. The molecule has 9 heteroatoms. The van der Waals surface area contributed by atoms with Crippen LogP contribution in [0.15, 0.2) is 60.8 Å². The largest absolute Gasteiger partial charge is 0.400 e. The number of carbonyl (C=O) groups is 1. The molecule has 4 fully saturated rings. The van der Waals surface area contributed by atoms with Gasteiger partial charge in [-0.15, -0.1) is 0 Å². The summed E-state index contributed by atoms with van der Waals surface area (Å²) >= 11 is 0. The molecular weight excluding hydrogens is 814 g/mol. The van der Waals surface area contributed by atoms with Crippen molar-refractivity contribution in [2.24, 2.45) is 11.3 Å². The Morgan fingerprint density at radius 1 is 0.844 bits per heavy atom. The molecule has 345 valence electrons. The van der Waals surface area contributed by atoms with Crippen LogP contribution in [0.1, 0.15) is 152 Å². The van der Waals surface area contributed by atoms with Crippen molar-refractivity contribution in [3.05, 3.63) is 94.4 Å². The van der Waals surface area contributed by atoms with Crippen molar-refractivity contribution in [3.8, 4) is 0 Å². The molecule has 4 aromatic rings. The van der Waals surface area contributed by atoms with Crippen LogP contribution >= 0.6 is 0 Å². The summed E-state index contributed by atoms with van der Waals surface area (Å²) in [4.78, 5) is 20.4. The number of piperidine rings is 1. The van der Waals surface area contributed by atoms with Gasteiger partial charge in [0.2, 0.25) is 5.91 Å². The van der Waals surface area contributed by atoms with Crippen molar-refractivity contribution in [2.45, 2.75) is 161 Å². The number of aromatic nitrogens is 1. The van der Waals surface area contributed by atoms with Gasteiger partial charge in [-0.1, -0.05) is 89.8 Å². The highest BCUT2D eigenvalue weighted by molar-refractivity contribution is 6.80. The number of anilines is 1. The smallest absolute Gasteiger partial charge is 0.283 e. The second-order valence-electron chi connectivity index (χ2n) is 19.9. The fraction of sp³-hybridized carbons (Fsp3) is 0.600. The van der Waals surface area contributed by atoms with Gasteiger partial charge >= 0.3 is 0 Å². The van der Waals surface area contributed by atoms with Gasteiger partial charge in [0.15, 0.2) is 0 Å². The molecule has 1 aromatic heterocycles.